The lowest BCUT2D eigenvalue weighted by atomic mass is 9.89. The van der Waals surface area contributed by atoms with E-state index in [4.69, 9.17) is 16.4 Å². The van der Waals surface area contributed by atoms with Gasteiger partial charge in [0.05, 0.1) is 17.3 Å². The highest BCUT2D eigenvalue weighted by atomic mass is 16.2. The second-order valence-corrected chi connectivity index (χ2v) is 8.40. The highest BCUT2D eigenvalue weighted by molar-refractivity contribution is 6.12. The molecule has 2 aliphatic rings. The average Bonchev–Trinajstić information content (AvgIpc) is 3.57. The molecule has 1 saturated heterocycles. The third-order valence-electron chi connectivity index (χ3n) is 6.26. The molecule has 0 aromatic heterocycles. The van der Waals surface area contributed by atoms with Gasteiger partial charge >= 0.3 is 0 Å². The normalized spacial score (nSPS) is 17.0. The van der Waals surface area contributed by atoms with Crippen molar-refractivity contribution in [2.75, 3.05) is 13.1 Å². The quantitative estimate of drug-likeness (QED) is 0.742. The summed E-state index contributed by atoms with van der Waals surface area (Å²) in [5, 5.41) is 17.6. The highest BCUT2D eigenvalue weighted by Crippen LogP contribution is 2.36. The number of rotatable bonds is 5. The van der Waals surface area contributed by atoms with Crippen molar-refractivity contribution in [2.24, 2.45) is 11.7 Å². The number of hydrogen-bond acceptors (Lipinski definition) is 4. The molecule has 4 rings (SSSR count). The SMILES string of the molecule is CC(C(=N)c1cc(C(=O)N2CC(c3ccc(C#N)cc3)C2)ccc1C)=C(N)C1CC1. The molecular weight excluding hydrogens is 372 g/mol. The summed E-state index contributed by atoms with van der Waals surface area (Å²) in [6.45, 7) is 5.20. The van der Waals surface area contributed by atoms with Gasteiger partial charge in [-0.25, -0.2) is 0 Å². The van der Waals surface area contributed by atoms with Gasteiger partial charge in [0.15, 0.2) is 0 Å². The molecule has 2 aromatic rings. The van der Waals surface area contributed by atoms with Gasteiger partial charge in [0.2, 0.25) is 0 Å². The van der Waals surface area contributed by atoms with E-state index in [9.17, 15) is 4.79 Å². The van der Waals surface area contributed by atoms with Crippen LogP contribution in [0.25, 0.3) is 0 Å². The molecule has 0 radical (unpaired) electrons. The summed E-state index contributed by atoms with van der Waals surface area (Å²) in [7, 11) is 0. The van der Waals surface area contributed by atoms with E-state index in [-0.39, 0.29) is 5.91 Å². The summed E-state index contributed by atoms with van der Waals surface area (Å²) in [4.78, 5) is 14.8. The number of carbonyl (C=O) groups excluding carboxylic acids is 1. The van der Waals surface area contributed by atoms with Crippen LogP contribution in [0.1, 0.15) is 58.3 Å². The van der Waals surface area contributed by atoms with Crippen LogP contribution in [0.5, 0.6) is 0 Å². The molecule has 5 nitrogen and oxygen atoms in total. The maximum Gasteiger partial charge on any atom is 0.253 e. The van der Waals surface area contributed by atoms with Gasteiger partial charge in [-0.2, -0.15) is 5.26 Å². The second kappa shape index (κ2) is 7.79. The predicted octanol–water partition coefficient (Wildman–Crippen LogP) is 4.12. The van der Waals surface area contributed by atoms with Gasteiger partial charge in [-0.05, 0) is 73.6 Å². The van der Waals surface area contributed by atoms with Crippen molar-refractivity contribution < 1.29 is 4.79 Å². The summed E-state index contributed by atoms with van der Waals surface area (Å²) in [6, 6.07) is 15.3. The summed E-state index contributed by atoms with van der Waals surface area (Å²) in [5.41, 5.74) is 12.4. The fraction of sp³-hybridized carbons (Fsp3) is 0.320. The van der Waals surface area contributed by atoms with E-state index in [0.29, 0.717) is 41.8 Å². The van der Waals surface area contributed by atoms with Gasteiger partial charge in [0.1, 0.15) is 0 Å². The minimum absolute atomic E-state index is 0.00857. The summed E-state index contributed by atoms with van der Waals surface area (Å²) >= 11 is 0. The summed E-state index contributed by atoms with van der Waals surface area (Å²) < 4.78 is 0. The molecule has 0 atom stereocenters. The van der Waals surface area contributed by atoms with Gasteiger partial charge in [0.25, 0.3) is 5.91 Å². The zero-order chi connectivity index (χ0) is 21.4. The number of hydrogen-bond donors (Lipinski definition) is 2. The van der Waals surface area contributed by atoms with E-state index >= 15 is 0 Å². The number of nitrogens with two attached hydrogens (primary N) is 1. The summed E-state index contributed by atoms with van der Waals surface area (Å²) in [5.74, 6) is 0.704. The first kappa shape index (κ1) is 19.9. The molecule has 1 saturated carbocycles. The zero-order valence-corrected chi connectivity index (χ0v) is 17.4. The molecule has 30 heavy (non-hydrogen) atoms. The Morgan fingerprint density at radius 2 is 1.83 bits per heavy atom. The van der Waals surface area contributed by atoms with Crippen molar-refractivity contribution in [1.82, 2.24) is 4.90 Å². The number of amides is 1. The first-order valence-electron chi connectivity index (χ1n) is 10.3. The minimum Gasteiger partial charge on any atom is -0.402 e. The van der Waals surface area contributed by atoms with Crippen molar-refractivity contribution in [3.8, 4) is 6.07 Å². The molecule has 3 N–H and O–H groups in total. The van der Waals surface area contributed by atoms with Gasteiger partial charge in [-0.3, -0.25) is 10.2 Å². The number of benzene rings is 2. The topological polar surface area (TPSA) is 94.0 Å². The molecule has 0 bridgehead atoms. The van der Waals surface area contributed by atoms with Crippen LogP contribution in [0.2, 0.25) is 0 Å². The monoisotopic (exact) mass is 398 g/mol. The minimum atomic E-state index is -0.00857. The number of aryl methyl sites for hydroxylation is 1. The lowest BCUT2D eigenvalue weighted by Gasteiger charge is -2.39. The lowest BCUT2D eigenvalue weighted by molar-refractivity contribution is 0.0602. The Morgan fingerprint density at radius 3 is 2.43 bits per heavy atom. The molecule has 2 fully saturated rings. The van der Waals surface area contributed by atoms with Crippen LogP contribution < -0.4 is 5.73 Å². The zero-order valence-electron chi connectivity index (χ0n) is 17.4. The van der Waals surface area contributed by atoms with Crippen LogP contribution in [0.3, 0.4) is 0 Å². The van der Waals surface area contributed by atoms with E-state index < -0.39 is 0 Å². The third kappa shape index (κ3) is 3.73. The first-order chi connectivity index (χ1) is 14.4. The third-order valence-corrected chi connectivity index (χ3v) is 6.26. The first-order valence-corrected chi connectivity index (χ1v) is 10.3. The van der Waals surface area contributed by atoms with Gasteiger partial charge in [-0.1, -0.05) is 18.2 Å². The average molecular weight is 399 g/mol. The molecule has 1 heterocycles. The van der Waals surface area contributed by atoms with Crippen LogP contribution in [0, 0.1) is 29.6 Å². The molecule has 1 aliphatic heterocycles. The van der Waals surface area contributed by atoms with E-state index in [0.717, 1.165) is 40.8 Å². The lowest BCUT2D eigenvalue weighted by Crippen LogP contribution is -2.48. The Hall–Kier alpha value is -3.39. The van der Waals surface area contributed by atoms with E-state index in [1.165, 1.54) is 0 Å². The van der Waals surface area contributed by atoms with Gasteiger partial charge in [-0.15, -0.1) is 0 Å². The predicted molar refractivity (Wildman–Crippen MR) is 117 cm³/mol. The van der Waals surface area contributed by atoms with Crippen molar-refractivity contribution in [1.29, 1.82) is 10.7 Å². The van der Waals surface area contributed by atoms with Crippen LogP contribution >= 0.6 is 0 Å². The smallest absolute Gasteiger partial charge is 0.253 e. The fourth-order valence-electron chi connectivity index (χ4n) is 3.94. The standard InChI is InChI=1S/C25H26N4O/c1-15-3-6-20(11-22(15)24(28)16(2)23(27)19-9-10-19)25(30)29-13-21(14-29)18-7-4-17(12-26)5-8-18/h3-8,11,19,21,28H,9-10,13-14,27H2,1-2H3. The Bertz CT molecular complexity index is 1080. The number of likely N-dealkylation sites (tertiary alicyclic amines) is 1. The fourth-order valence-corrected chi connectivity index (χ4v) is 3.94. The van der Waals surface area contributed by atoms with Crippen molar-refractivity contribution in [2.45, 2.75) is 32.6 Å². The van der Waals surface area contributed by atoms with E-state index in [2.05, 4.69) is 6.07 Å². The maximum absolute atomic E-state index is 13.0. The van der Waals surface area contributed by atoms with Crippen LogP contribution in [0.4, 0.5) is 0 Å². The second-order valence-electron chi connectivity index (χ2n) is 8.40. The Balaban J connectivity index is 1.47. The van der Waals surface area contributed by atoms with Crippen molar-refractivity contribution in [3.05, 3.63) is 81.6 Å². The summed E-state index contributed by atoms with van der Waals surface area (Å²) in [6.07, 6.45) is 2.20. The molecule has 0 unspecified atom stereocenters. The number of allylic oxidation sites excluding steroid dienone is 2. The Labute approximate surface area is 177 Å². The molecule has 152 valence electrons. The Kier molecular flexibility index (Phi) is 5.17. The number of nitrogens with one attached hydrogen (secondary N) is 1. The molecule has 5 heteroatoms. The van der Waals surface area contributed by atoms with Crippen LogP contribution in [0.15, 0.2) is 53.7 Å². The maximum atomic E-state index is 13.0. The molecule has 0 spiro atoms. The molecule has 2 aromatic carbocycles. The van der Waals surface area contributed by atoms with Gasteiger partial charge in [0, 0.05) is 35.8 Å². The highest BCUT2D eigenvalue weighted by Gasteiger charge is 2.32. The number of carbonyl (C=O) groups is 1. The number of nitriles is 1. The van der Waals surface area contributed by atoms with Crippen molar-refractivity contribution in [3.63, 3.8) is 0 Å². The molecule has 1 aliphatic carbocycles. The molecular formula is C25H26N4O. The van der Waals surface area contributed by atoms with Crippen LogP contribution in [-0.2, 0) is 0 Å². The van der Waals surface area contributed by atoms with E-state index in [1.54, 1.807) is 0 Å². The largest absolute Gasteiger partial charge is 0.402 e. The van der Waals surface area contributed by atoms with Gasteiger partial charge < -0.3 is 10.6 Å². The van der Waals surface area contributed by atoms with Crippen molar-refractivity contribution >= 4 is 11.6 Å². The Morgan fingerprint density at radius 1 is 1.17 bits per heavy atom. The molecule has 1 amide bonds. The van der Waals surface area contributed by atoms with Crippen LogP contribution in [-0.4, -0.2) is 29.6 Å². The number of nitrogens with zero attached hydrogens (tertiary/aromatic N) is 2. The van der Waals surface area contributed by atoms with E-state index in [1.807, 2.05) is 61.2 Å².